The van der Waals surface area contributed by atoms with Crippen molar-refractivity contribution in [3.05, 3.63) is 18.3 Å². The van der Waals surface area contributed by atoms with E-state index in [1.165, 1.54) is 25.7 Å². The largest absolute Gasteiger partial charge is 0.397 e. The molecule has 3 rings (SSSR count). The molecule has 3 heteroatoms. The molecule has 1 spiro atoms. The summed E-state index contributed by atoms with van der Waals surface area (Å²) in [4.78, 5) is 6.81. The maximum Gasteiger partial charge on any atom is 0.128 e. The summed E-state index contributed by atoms with van der Waals surface area (Å²) >= 11 is 0. The maximum absolute atomic E-state index is 5.66. The van der Waals surface area contributed by atoms with Crippen molar-refractivity contribution in [2.75, 3.05) is 23.7 Å². The van der Waals surface area contributed by atoms with Crippen molar-refractivity contribution in [1.29, 1.82) is 0 Å². The Labute approximate surface area is 103 Å². The zero-order chi connectivity index (χ0) is 11.9. The molecule has 1 aliphatic heterocycles. The first-order valence-electron chi connectivity index (χ1n) is 6.63. The molecule has 2 N–H and O–H groups in total. The number of nitrogens with two attached hydrogens (primary N) is 1. The summed E-state index contributed by atoms with van der Waals surface area (Å²) < 4.78 is 0. The van der Waals surface area contributed by atoms with Crippen LogP contribution in [0.4, 0.5) is 11.5 Å². The third-order valence-electron chi connectivity index (χ3n) is 4.48. The summed E-state index contributed by atoms with van der Waals surface area (Å²) in [7, 11) is 0. The van der Waals surface area contributed by atoms with Crippen molar-refractivity contribution < 1.29 is 0 Å². The number of piperidine rings is 1. The van der Waals surface area contributed by atoms with E-state index in [0.29, 0.717) is 5.41 Å². The molecule has 2 fully saturated rings. The van der Waals surface area contributed by atoms with Gasteiger partial charge in [-0.2, -0.15) is 0 Å². The molecular formula is C14H21N3. The number of nitrogens with zero attached hydrogens (tertiary/aromatic N) is 2. The molecule has 2 heterocycles. The molecule has 0 unspecified atom stereocenters. The average molecular weight is 231 g/mol. The Morgan fingerprint density at radius 3 is 2.53 bits per heavy atom. The fourth-order valence-electron chi connectivity index (χ4n) is 3.62. The van der Waals surface area contributed by atoms with Crippen molar-refractivity contribution in [2.45, 2.75) is 32.6 Å². The van der Waals surface area contributed by atoms with Gasteiger partial charge in [-0.1, -0.05) is 6.92 Å². The van der Waals surface area contributed by atoms with E-state index in [1.54, 1.807) is 6.20 Å². The van der Waals surface area contributed by atoms with Crippen LogP contribution in [0.5, 0.6) is 0 Å². The molecule has 1 saturated carbocycles. The molecule has 2 aliphatic rings. The van der Waals surface area contributed by atoms with Gasteiger partial charge in [-0.3, -0.25) is 0 Å². The normalized spacial score (nSPS) is 23.7. The smallest absolute Gasteiger partial charge is 0.128 e. The molecule has 92 valence electrons. The molecule has 1 saturated heterocycles. The summed E-state index contributed by atoms with van der Waals surface area (Å²) in [6, 6.07) is 3.98. The van der Waals surface area contributed by atoms with E-state index in [2.05, 4.69) is 16.8 Å². The lowest BCUT2D eigenvalue weighted by Crippen LogP contribution is -2.46. The Morgan fingerprint density at radius 1 is 1.29 bits per heavy atom. The van der Waals surface area contributed by atoms with Gasteiger partial charge in [0.25, 0.3) is 0 Å². The minimum Gasteiger partial charge on any atom is -0.397 e. The Morgan fingerprint density at radius 2 is 2.00 bits per heavy atom. The molecule has 1 aromatic rings. The van der Waals surface area contributed by atoms with Crippen molar-refractivity contribution in [1.82, 2.24) is 4.98 Å². The highest BCUT2D eigenvalue weighted by Crippen LogP contribution is 2.52. The first kappa shape index (κ1) is 10.9. The van der Waals surface area contributed by atoms with Crippen LogP contribution in [-0.4, -0.2) is 18.1 Å². The van der Waals surface area contributed by atoms with Gasteiger partial charge < -0.3 is 10.6 Å². The summed E-state index contributed by atoms with van der Waals surface area (Å²) in [5.41, 5.74) is 7.09. The molecule has 3 nitrogen and oxygen atoms in total. The highest BCUT2D eigenvalue weighted by molar-refractivity contribution is 5.46. The van der Waals surface area contributed by atoms with Gasteiger partial charge in [0.15, 0.2) is 0 Å². The van der Waals surface area contributed by atoms with Crippen LogP contribution in [0, 0.1) is 11.3 Å². The minimum absolute atomic E-state index is 0.684. The predicted molar refractivity (Wildman–Crippen MR) is 70.9 cm³/mol. The van der Waals surface area contributed by atoms with Crippen LogP contribution in [-0.2, 0) is 0 Å². The summed E-state index contributed by atoms with van der Waals surface area (Å²) in [6.45, 7) is 4.69. The lowest BCUT2D eigenvalue weighted by Gasteiger charge is -2.51. The van der Waals surface area contributed by atoms with E-state index >= 15 is 0 Å². The number of hydrogen-bond acceptors (Lipinski definition) is 3. The third kappa shape index (κ3) is 1.99. The number of aromatic nitrogens is 1. The van der Waals surface area contributed by atoms with E-state index in [1.807, 2.05) is 12.1 Å². The number of nitrogen functional groups attached to an aromatic ring is 1. The van der Waals surface area contributed by atoms with Crippen LogP contribution < -0.4 is 10.6 Å². The lowest BCUT2D eigenvalue weighted by atomic mass is 9.58. The number of rotatable bonds is 1. The van der Waals surface area contributed by atoms with Crippen LogP contribution in [0.1, 0.15) is 32.6 Å². The third-order valence-corrected chi connectivity index (χ3v) is 4.48. The van der Waals surface area contributed by atoms with Crippen molar-refractivity contribution in [2.24, 2.45) is 11.3 Å². The number of anilines is 2. The minimum atomic E-state index is 0.684. The van der Waals surface area contributed by atoms with Crippen molar-refractivity contribution >= 4 is 11.5 Å². The average Bonchev–Trinajstić information content (AvgIpc) is 2.30. The SMILES string of the molecule is CC1CC2(CCN(c3ccc(N)cn3)CC2)C1. The van der Waals surface area contributed by atoms with Gasteiger partial charge in [-0.15, -0.1) is 0 Å². The van der Waals surface area contributed by atoms with E-state index in [-0.39, 0.29) is 0 Å². The van der Waals surface area contributed by atoms with Crippen molar-refractivity contribution in [3.63, 3.8) is 0 Å². The first-order chi connectivity index (χ1) is 8.17. The molecular weight excluding hydrogens is 210 g/mol. The molecule has 1 aliphatic carbocycles. The van der Waals surface area contributed by atoms with Gasteiger partial charge in [0.2, 0.25) is 0 Å². The van der Waals surface area contributed by atoms with Crippen LogP contribution in [0.3, 0.4) is 0 Å². The summed E-state index contributed by atoms with van der Waals surface area (Å²) in [6.07, 6.45) is 7.31. The zero-order valence-electron chi connectivity index (χ0n) is 10.5. The van der Waals surface area contributed by atoms with E-state index in [4.69, 9.17) is 5.73 Å². The molecule has 0 bridgehead atoms. The van der Waals surface area contributed by atoms with E-state index in [9.17, 15) is 0 Å². The van der Waals surface area contributed by atoms with Crippen molar-refractivity contribution in [3.8, 4) is 0 Å². The van der Waals surface area contributed by atoms with Gasteiger partial charge in [0.1, 0.15) is 5.82 Å². The second-order valence-electron chi connectivity index (χ2n) is 5.95. The van der Waals surface area contributed by atoms with Gasteiger partial charge >= 0.3 is 0 Å². The Hall–Kier alpha value is -1.25. The van der Waals surface area contributed by atoms with Gasteiger partial charge in [-0.05, 0) is 49.1 Å². The second kappa shape index (κ2) is 3.90. The fourth-order valence-corrected chi connectivity index (χ4v) is 3.62. The number of pyridine rings is 1. The number of hydrogen-bond donors (Lipinski definition) is 1. The summed E-state index contributed by atoms with van der Waals surface area (Å²) in [5.74, 6) is 2.04. The predicted octanol–water partition coefficient (Wildman–Crippen LogP) is 2.68. The second-order valence-corrected chi connectivity index (χ2v) is 5.95. The van der Waals surface area contributed by atoms with Crippen LogP contribution in [0.15, 0.2) is 18.3 Å². The maximum atomic E-state index is 5.66. The molecule has 1 aromatic heterocycles. The molecule has 0 amide bonds. The quantitative estimate of drug-likeness (QED) is 0.808. The topological polar surface area (TPSA) is 42.1 Å². The Kier molecular flexibility index (Phi) is 2.49. The molecule has 0 aromatic carbocycles. The molecule has 17 heavy (non-hydrogen) atoms. The van der Waals surface area contributed by atoms with Crippen LogP contribution in [0.25, 0.3) is 0 Å². The van der Waals surface area contributed by atoms with E-state index < -0.39 is 0 Å². The lowest BCUT2D eigenvalue weighted by molar-refractivity contribution is 0.0380. The molecule has 0 radical (unpaired) electrons. The Balaban J connectivity index is 1.63. The molecule has 0 atom stereocenters. The fraction of sp³-hybridized carbons (Fsp3) is 0.643. The van der Waals surface area contributed by atoms with E-state index in [0.717, 1.165) is 30.5 Å². The monoisotopic (exact) mass is 231 g/mol. The standard InChI is InChI=1S/C14H21N3/c1-11-8-14(9-11)4-6-17(7-5-14)13-3-2-12(15)10-16-13/h2-3,10-11H,4-9,15H2,1H3. The zero-order valence-corrected chi connectivity index (χ0v) is 10.5. The van der Waals surface area contributed by atoms with Gasteiger partial charge in [0.05, 0.1) is 11.9 Å². The van der Waals surface area contributed by atoms with Crippen LogP contribution >= 0.6 is 0 Å². The van der Waals surface area contributed by atoms with Crippen LogP contribution in [0.2, 0.25) is 0 Å². The first-order valence-corrected chi connectivity index (χ1v) is 6.63. The summed E-state index contributed by atoms with van der Waals surface area (Å²) in [5, 5.41) is 0. The Bertz CT molecular complexity index is 382. The van der Waals surface area contributed by atoms with Gasteiger partial charge in [-0.25, -0.2) is 4.98 Å². The highest BCUT2D eigenvalue weighted by Gasteiger charge is 2.43. The highest BCUT2D eigenvalue weighted by atomic mass is 15.2. The van der Waals surface area contributed by atoms with Gasteiger partial charge in [0, 0.05) is 13.1 Å².